The molecule has 0 spiro atoms. The number of hydrogen-bond acceptors (Lipinski definition) is 0. The molecule has 3 N–H and O–H groups in total. The van der Waals surface area contributed by atoms with E-state index in [1.807, 2.05) is 41.5 Å². The summed E-state index contributed by atoms with van der Waals surface area (Å²) in [6.45, 7) is 13.9. The summed E-state index contributed by atoms with van der Waals surface area (Å²) in [5.41, 5.74) is 20.0. The Labute approximate surface area is 180 Å². The van der Waals surface area contributed by atoms with Gasteiger partial charge in [0.25, 0.3) is 0 Å². The molecule has 0 aliphatic rings. The van der Waals surface area contributed by atoms with E-state index in [1.54, 1.807) is 4.40 Å². The molecule has 0 saturated heterocycles. The van der Waals surface area contributed by atoms with Gasteiger partial charge in [-0.1, -0.05) is 59.3 Å². The maximum atomic E-state index is 6.66. The van der Waals surface area contributed by atoms with Crippen LogP contribution in [0.5, 0.6) is 0 Å². The molecule has 0 fully saturated rings. The van der Waals surface area contributed by atoms with E-state index < -0.39 is 13.3 Å². The average molecular weight is 577 g/mol. The van der Waals surface area contributed by atoms with Crippen molar-refractivity contribution in [3.8, 4) is 0 Å². The zero-order chi connectivity index (χ0) is 19.8. The molecule has 0 bridgehead atoms. The number of rotatable bonds is 4. The fourth-order valence-electron chi connectivity index (χ4n) is 0.874. The molecule has 0 atom stereocenters. The van der Waals surface area contributed by atoms with E-state index in [4.69, 9.17) is 17.2 Å². The van der Waals surface area contributed by atoms with Gasteiger partial charge in [0, 0.05) is 0 Å². The molecule has 0 unspecified atom stereocenters. The summed E-state index contributed by atoms with van der Waals surface area (Å²) in [5.74, 6) is 8.89. The summed E-state index contributed by atoms with van der Waals surface area (Å²) >= 11 is -1.44. The first-order valence-electron chi connectivity index (χ1n) is 9.08. The molecule has 1 aromatic rings. The summed E-state index contributed by atoms with van der Waals surface area (Å²) in [6.07, 6.45) is 0. The molecule has 5 heteroatoms. The Morgan fingerprint density at radius 3 is 0.960 bits per heavy atom. The standard InChI is InChI=1S/C8H13Ge.3C4H10N.Hf/c1-9(2,3)8-6-4-5-7-8;3*1-4(2)3-5;/h4-7H,1-3H3;3*4-5H,3H2,1-2H3;/q4*-1;+4. The Bertz CT molecular complexity index is 312. The van der Waals surface area contributed by atoms with Crippen LogP contribution >= 0.6 is 0 Å². The smallest absolute Gasteiger partial charge is 4.00 e. The minimum atomic E-state index is -1.44. The van der Waals surface area contributed by atoms with Crippen LogP contribution < -0.4 is 4.40 Å². The van der Waals surface area contributed by atoms with Gasteiger partial charge in [0.2, 0.25) is 0 Å². The molecule has 0 saturated carbocycles. The molecular formula is C20H43GeHfN3. The molecule has 146 valence electrons. The van der Waals surface area contributed by atoms with Crippen molar-refractivity contribution in [2.75, 3.05) is 19.6 Å². The van der Waals surface area contributed by atoms with Crippen molar-refractivity contribution >= 4 is 17.7 Å². The maximum Gasteiger partial charge on any atom is 4.00 e. The summed E-state index contributed by atoms with van der Waals surface area (Å²) < 4.78 is 1.61. The van der Waals surface area contributed by atoms with Gasteiger partial charge in [-0.25, -0.2) is 0 Å². The second-order valence-electron chi connectivity index (χ2n) is 8.22. The van der Waals surface area contributed by atoms with E-state index in [9.17, 15) is 0 Å². The molecule has 0 aliphatic carbocycles. The zero-order valence-electron chi connectivity index (χ0n) is 18.2. The molecule has 3 nitrogen and oxygen atoms in total. The third-order valence-electron chi connectivity index (χ3n) is 2.75. The van der Waals surface area contributed by atoms with Gasteiger partial charge in [-0.15, -0.1) is 19.6 Å². The van der Waals surface area contributed by atoms with Gasteiger partial charge in [0.05, 0.1) is 0 Å². The van der Waals surface area contributed by atoms with Crippen molar-refractivity contribution in [3.05, 3.63) is 41.5 Å². The van der Waals surface area contributed by atoms with Crippen LogP contribution in [0.4, 0.5) is 0 Å². The van der Waals surface area contributed by atoms with E-state index in [2.05, 4.69) is 41.5 Å². The van der Waals surface area contributed by atoms with Crippen LogP contribution in [0.15, 0.2) is 24.3 Å². The number of nitrogens with one attached hydrogen (secondary N) is 3. The molecule has 0 aliphatic heterocycles. The van der Waals surface area contributed by atoms with Crippen LogP contribution in [-0.2, 0) is 25.8 Å². The monoisotopic (exact) mass is 579 g/mol. The minimum absolute atomic E-state index is 0. The van der Waals surface area contributed by atoms with Crippen molar-refractivity contribution in [3.63, 3.8) is 0 Å². The van der Waals surface area contributed by atoms with Gasteiger partial charge in [0.15, 0.2) is 0 Å². The Kier molecular flexibility index (Phi) is 27.9. The van der Waals surface area contributed by atoms with Gasteiger partial charge in [0.1, 0.15) is 0 Å². The van der Waals surface area contributed by atoms with Crippen molar-refractivity contribution in [1.82, 2.24) is 0 Å². The summed E-state index contributed by atoms with van der Waals surface area (Å²) in [6, 6.07) is 8.76. The van der Waals surface area contributed by atoms with E-state index >= 15 is 0 Å². The van der Waals surface area contributed by atoms with E-state index in [-0.39, 0.29) is 25.8 Å². The third-order valence-corrected chi connectivity index (χ3v) is 7.09. The van der Waals surface area contributed by atoms with Crippen LogP contribution in [0.3, 0.4) is 0 Å². The average Bonchev–Trinajstić information content (AvgIpc) is 3.03. The normalized spacial score (nSPS) is 10.0. The Morgan fingerprint density at radius 2 is 0.880 bits per heavy atom. The van der Waals surface area contributed by atoms with Crippen LogP contribution in [0.25, 0.3) is 17.2 Å². The molecule has 0 amide bonds. The second-order valence-corrected chi connectivity index (χ2v) is 18.9. The van der Waals surface area contributed by atoms with Crippen LogP contribution in [0.2, 0.25) is 17.3 Å². The van der Waals surface area contributed by atoms with Gasteiger partial charge in [-0.3, -0.25) is 0 Å². The van der Waals surface area contributed by atoms with Crippen molar-refractivity contribution in [2.45, 2.75) is 58.8 Å². The first-order valence-corrected chi connectivity index (χ1v) is 16.4. The third kappa shape index (κ3) is 32.7. The molecule has 1 rings (SSSR count). The molecule has 0 aromatic heterocycles. The van der Waals surface area contributed by atoms with Gasteiger partial charge >= 0.3 is 85.0 Å². The fourth-order valence-corrected chi connectivity index (χ4v) is 3.38. The van der Waals surface area contributed by atoms with Crippen LogP contribution in [0.1, 0.15) is 41.5 Å². The largest absolute Gasteiger partial charge is 4.00 e. The quantitative estimate of drug-likeness (QED) is 0.273. The predicted molar refractivity (Wildman–Crippen MR) is 117 cm³/mol. The molecule has 0 heterocycles. The SMILES string of the molecule is CC(C)C[NH-].CC(C)C[NH-].CC(C)C[NH-].[CH3][Ge]([CH3])([CH3])[c-]1cccc1.[Hf+4]. The predicted octanol–water partition coefficient (Wildman–Crippen LogP) is 7.03. The Hall–Kier alpha value is 0.643. The van der Waals surface area contributed by atoms with Gasteiger partial charge in [-0.2, -0.15) is 0 Å². The van der Waals surface area contributed by atoms with Crippen molar-refractivity contribution < 1.29 is 25.8 Å². The van der Waals surface area contributed by atoms with Crippen molar-refractivity contribution in [2.24, 2.45) is 17.8 Å². The molecule has 25 heavy (non-hydrogen) atoms. The Balaban J connectivity index is -0.000000122. The van der Waals surface area contributed by atoms with Crippen molar-refractivity contribution in [1.29, 1.82) is 0 Å². The number of hydrogen-bond donors (Lipinski definition) is 0. The Morgan fingerprint density at radius 1 is 0.680 bits per heavy atom. The molecule has 0 radical (unpaired) electrons. The van der Waals surface area contributed by atoms with E-state index in [0.29, 0.717) is 37.4 Å². The minimum Gasteiger partial charge on any atom is 4.00 e. The van der Waals surface area contributed by atoms with Crippen LogP contribution in [0, 0.1) is 17.8 Å². The maximum absolute atomic E-state index is 6.66. The molecular weight excluding hydrogens is 533 g/mol. The molecule has 1 aromatic carbocycles. The first kappa shape index (κ1) is 33.2. The van der Waals surface area contributed by atoms with Gasteiger partial charge < -0.3 is 17.2 Å². The summed E-state index contributed by atoms with van der Waals surface area (Å²) in [5, 5.41) is 0. The summed E-state index contributed by atoms with van der Waals surface area (Å²) in [4.78, 5) is 0. The fraction of sp³-hybridized carbons (Fsp3) is 0.750. The van der Waals surface area contributed by atoms with E-state index in [1.165, 1.54) is 0 Å². The summed E-state index contributed by atoms with van der Waals surface area (Å²) in [7, 11) is 0. The van der Waals surface area contributed by atoms with Crippen LogP contribution in [-0.4, -0.2) is 32.9 Å². The topological polar surface area (TPSA) is 71.4 Å². The van der Waals surface area contributed by atoms with Gasteiger partial charge in [-0.05, 0) is 0 Å². The first-order chi connectivity index (χ1) is 10.9. The second kappa shape index (κ2) is 20.9. The van der Waals surface area contributed by atoms with E-state index in [0.717, 1.165) is 0 Å². The zero-order valence-corrected chi connectivity index (χ0v) is 23.9.